The van der Waals surface area contributed by atoms with Gasteiger partial charge in [0.1, 0.15) is 0 Å². The number of para-hydroxylation sites is 1. The van der Waals surface area contributed by atoms with E-state index in [2.05, 4.69) is 45.0 Å². The number of benzene rings is 1. The Balaban J connectivity index is 1.50. The van der Waals surface area contributed by atoms with Gasteiger partial charge >= 0.3 is 0 Å². The zero-order chi connectivity index (χ0) is 16.8. The third kappa shape index (κ3) is 5.19. The molecule has 0 aliphatic rings. The Hall–Kier alpha value is -1.64. The number of aromatic nitrogens is 3. The minimum absolute atomic E-state index is 0.593. The highest BCUT2D eigenvalue weighted by atomic mass is 32.2. The maximum Gasteiger partial charge on any atom is 0.206 e. The van der Waals surface area contributed by atoms with Gasteiger partial charge in [-0.2, -0.15) is 0 Å². The van der Waals surface area contributed by atoms with E-state index >= 15 is 0 Å². The number of rotatable bonds is 8. The molecule has 3 rings (SSSR count). The van der Waals surface area contributed by atoms with Gasteiger partial charge in [-0.05, 0) is 18.1 Å². The van der Waals surface area contributed by atoms with E-state index in [4.69, 9.17) is 0 Å². The van der Waals surface area contributed by atoms with Gasteiger partial charge in [0.25, 0.3) is 0 Å². The summed E-state index contributed by atoms with van der Waals surface area (Å²) in [5.41, 5.74) is 2.10. The van der Waals surface area contributed by atoms with E-state index in [-0.39, 0.29) is 0 Å². The monoisotopic (exact) mass is 377 g/mol. The van der Waals surface area contributed by atoms with Crippen LogP contribution in [0.25, 0.3) is 0 Å². The van der Waals surface area contributed by atoms with Crippen molar-refractivity contribution in [3.8, 4) is 0 Å². The first-order chi connectivity index (χ1) is 11.7. The molecule has 0 amide bonds. The third-order valence-corrected chi connectivity index (χ3v) is 5.84. The van der Waals surface area contributed by atoms with Crippen LogP contribution in [0.3, 0.4) is 0 Å². The Bertz CT molecular complexity index is 754. The predicted molar refractivity (Wildman–Crippen MR) is 105 cm³/mol. The molecule has 0 fully saturated rings. The van der Waals surface area contributed by atoms with E-state index < -0.39 is 0 Å². The van der Waals surface area contributed by atoms with Gasteiger partial charge in [-0.15, -0.1) is 21.5 Å². The van der Waals surface area contributed by atoms with Crippen molar-refractivity contribution in [2.75, 3.05) is 17.2 Å². The first-order valence-electron chi connectivity index (χ1n) is 7.65. The minimum Gasteiger partial charge on any atom is -0.360 e. The molecule has 2 N–H and O–H groups in total. The standard InChI is InChI=1S/C16H19N5S3/c1-11(2)8-17-14-20-21-16(24-14)23-10-13-9-22-15(19-13)18-12-6-4-3-5-7-12/h3-7,9,11H,8,10H2,1-2H3,(H,17,20)(H,18,19). The molecule has 126 valence electrons. The van der Waals surface area contributed by atoms with Crippen molar-refractivity contribution >= 4 is 50.4 Å². The second kappa shape index (κ2) is 8.46. The quantitative estimate of drug-likeness (QED) is 0.533. The maximum absolute atomic E-state index is 4.61. The van der Waals surface area contributed by atoms with Crippen molar-refractivity contribution in [2.24, 2.45) is 5.92 Å². The average Bonchev–Trinajstić information content (AvgIpc) is 3.21. The SMILES string of the molecule is CC(C)CNc1nnc(SCc2csc(Nc3ccccc3)n2)s1. The number of hydrogen-bond donors (Lipinski definition) is 2. The summed E-state index contributed by atoms with van der Waals surface area (Å²) in [6.07, 6.45) is 0. The van der Waals surface area contributed by atoms with Gasteiger partial charge in [-0.3, -0.25) is 0 Å². The van der Waals surface area contributed by atoms with Gasteiger partial charge in [-0.25, -0.2) is 4.98 Å². The van der Waals surface area contributed by atoms with Crippen molar-refractivity contribution in [2.45, 2.75) is 23.9 Å². The van der Waals surface area contributed by atoms with Gasteiger partial charge in [0.05, 0.1) is 5.69 Å². The minimum atomic E-state index is 0.593. The molecule has 5 nitrogen and oxygen atoms in total. The lowest BCUT2D eigenvalue weighted by atomic mass is 10.2. The van der Waals surface area contributed by atoms with E-state index in [1.54, 1.807) is 34.4 Å². The van der Waals surface area contributed by atoms with E-state index in [1.165, 1.54) is 0 Å². The van der Waals surface area contributed by atoms with E-state index in [0.29, 0.717) is 5.92 Å². The summed E-state index contributed by atoms with van der Waals surface area (Å²) in [5, 5.41) is 18.9. The average molecular weight is 378 g/mol. The molecule has 0 aliphatic heterocycles. The van der Waals surface area contributed by atoms with Crippen LogP contribution < -0.4 is 10.6 Å². The molecule has 2 aromatic heterocycles. The Morgan fingerprint density at radius 2 is 1.96 bits per heavy atom. The fourth-order valence-corrected chi connectivity index (χ4v) is 4.33. The molecule has 0 radical (unpaired) electrons. The van der Waals surface area contributed by atoms with Crippen LogP contribution in [0.5, 0.6) is 0 Å². The van der Waals surface area contributed by atoms with Gasteiger partial charge in [-0.1, -0.05) is 55.1 Å². The van der Waals surface area contributed by atoms with Crippen LogP contribution >= 0.6 is 34.4 Å². The Labute approximate surface area is 154 Å². The Kier molecular flexibility index (Phi) is 6.06. The highest BCUT2D eigenvalue weighted by Crippen LogP contribution is 2.30. The maximum atomic E-state index is 4.61. The number of nitrogens with one attached hydrogen (secondary N) is 2. The molecule has 2 heterocycles. The van der Waals surface area contributed by atoms with Crippen molar-refractivity contribution in [3.63, 3.8) is 0 Å². The topological polar surface area (TPSA) is 62.7 Å². The van der Waals surface area contributed by atoms with E-state index in [1.807, 2.05) is 30.3 Å². The van der Waals surface area contributed by atoms with Crippen molar-refractivity contribution < 1.29 is 0 Å². The van der Waals surface area contributed by atoms with Gasteiger partial charge < -0.3 is 10.6 Å². The first-order valence-corrected chi connectivity index (χ1v) is 10.3. The van der Waals surface area contributed by atoms with Gasteiger partial charge in [0.15, 0.2) is 9.47 Å². The predicted octanol–water partition coefficient (Wildman–Crippen LogP) is 5.10. The first kappa shape index (κ1) is 17.2. The van der Waals surface area contributed by atoms with E-state index in [0.717, 1.165) is 38.3 Å². The molecule has 0 bridgehead atoms. The number of thioether (sulfide) groups is 1. The van der Waals surface area contributed by atoms with Crippen molar-refractivity contribution in [1.29, 1.82) is 0 Å². The number of hydrogen-bond acceptors (Lipinski definition) is 8. The number of nitrogens with zero attached hydrogens (tertiary/aromatic N) is 3. The summed E-state index contributed by atoms with van der Waals surface area (Å²) in [6, 6.07) is 10.1. The lowest BCUT2D eigenvalue weighted by molar-refractivity contribution is 0.687. The third-order valence-electron chi connectivity index (χ3n) is 2.99. The van der Waals surface area contributed by atoms with Crippen LogP contribution in [0.1, 0.15) is 19.5 Å². The molecule has 0 saturated heterocycles. The second-order valence-corrected chi connectivity index (χ2v) is 8.63. The van der Waals surface area contributed by atoms with Crippen LogP contribution in [0, 0.1) is 5.92 Å². The fraction of sp³-hybridized carbons (Fsp3) is 0.312. The zero-order valence-electron chi connectivity index (χ0n) is 13.5. The lowest BCUT2D eigenvalue weighted by Crippen LogP contribution is -2.07. The molecule has 0 aliphatic carbocycles. The molecule has 3 aromatic rings. The molecule has 0 unspecified atom stereocenters. The molecule has 1 aromatic carbocycles. The molecule has 8 heteroatoms. The summed E-state index contributed by atoms with van der Waals surface area (Å²) in [6.45, 7) is 5.26. The molecule has 0 spiro atoms. The molecule has 0 saturated carbocycles. The highest BCUT2D eigenvalue weighted by Gasteiger charge is 2.08. The summed E-state index contributed by atoms with van der Waals surface area (Å²) < 4.78 is 0.965. The summed E-state index contributed by atoms with van der Waals surface area (Å²) in [7, 11) is 0. The summed E-state index contributed by atoms with van der Waals surface area (Å²) >= 11 is 4.88. The second-order valence-electron chi connectivity index (χ2n) is 5.57. The highest BCUT2D eigenvalue weighted by molar-refractivity contribution is 8.00. The Morgan fingerprint density at radius 3 is 2.75 bits per heavy atom. The van der Waals surface area contributed by atoms with Crippen LogP contribution in [0.4, 0.5) is 16.0 Å². The summed E-state index contributed by atoms with van der Waals surface area (Å²) in [5.74, 6) is 1.39. The number of anilines is 3. The van der Waals surface area contributed by atoms with Gasteiger partial charge in [0, 0.05) is 23.4 Å². The van der Waals surface area contributed by atoms with Crippen LogP contribution in [-0.2, 0) is 5.75 Å². The summed E-state index contributed by atoms with van der Waals surface area (Å²) in [4.78, 5) is 4.61. The van der Waals surface area contributed by atoms with Gasteiger partial charge in [0.2, 0.25) is 5.13 Å². The Morgan fingerprint density at radius 1 is 1.12 bits per heavy atom. The normalized spacial score (nSPS) is 11.0. The molecular weight excluding hydrogens is 358 g/mol. The molecular formula is C16H19N5S3. The van der Waals surface area contributed by atoms with Crippen LogP contribution in [0.2, 0.25) is 0 Å². The molecule has 24 heavy (non-hydrogen) atoms. The van der Waals surface area contributed by atoms with Crippen molar-refractivity contribution in [1.82, 2.24) is 15.2 Å². The smallest absolute Gasteiger partial charge is 0.206 e. The zero-order valence-corrected chi connectivity index (χ0v) is 16.0. The lowest BCUT2D eigenvalue weighted by Gasteiger charge is -2.03. The van der Waals surface area contributed by atoms with Crippen molar-refractivity contribution in [3.05, 3.63) is 41.4 Å². The largest absolute Gasteiger partial charge is 0.360 e. The van der Waals surface area contributed by atoms with E-state index in [9.17, 15) is 0 Å². The van der Waals surface area contributed by atoms with Crippen LogP contribution in [0.15, 0.2) is 40.1 Å². The molecule has 0 atom stereocenters. The fourth-order valence-electron chi connectivity index (χ4n) is 1.84. The number of thiazole rings is 1. The van der Waals surface area contributed by atoms with Crippen LogP contribution in [-0.4, -0.2) is 21.7 Å².